The Hall–Kier alpha value is -1.31. The Labute approximate surface area is 229 Å². The lowest BCUT2D eigenvalue weighted by Gasteiger charge is -2.43. The highest BCUT2D eigenvalue weighted by Crippen LogP contribution is 2.58. The van der Waals surface area contributed by atoms with Crippen LogP contribution in [0, 0.1) is 29.1 Å². The van der Waals surface area contributed by atoms with E-state index in [1.807, 2.05) is 0 Å². The number of carbonyl (C=O) groups is 1. The van der Waals surface area contributed by atoms with Crippen molar-refractivity contribution in [2.75, 3.05) is 0 Å². The molecule has 0 unspecified atom stereocenters. The van der Waals surface area contributed by atoms with Crippen molar-refractivity contribution in [2.45, 2.75) is 150 Å². The average molecular weight is 511 g/mol. The Balaban J connectivity index is 1.54. The summed E-state index contributed by atoms with van der Waals surface area (Å²) in [6.45, 7) is 14.4. The van der Waals surface area contributed by atoms with Gasteiger partial charge in [-0.1, -0.05) is 103 Å². The van der Waals surface area contributed by atoms with Gasteiger partial charge >= 0.3 is 5.97 Å². The number of hydrogen-bond acceptors (Lipinski definition) is 2. The second-order valence-corrected chi connectivity index (χ2v) is 13.4. The zero-order valence-corrected chi connectivity index (χ0v) is 25.2. The predicted octanol–water partition coefficient (Wildman–Crippen LogP) is 10.5. The van der Waals surface area contributed by atoms with Gasteiger partial charge in [0.2, 0.25) is 0 Å². The third kappa shape index (κ3) is 8.59. The molecule has 37 heavy (non-hydrogen) atoms. The summed E-state index contributed by atoms with van der Waals surface area (Å²) in [5, 5.41) is 0. The molecule has 1 fully saturated rings. The molecule has 3 rings (SSSR count). The zero-order valence-electron chi connectivity index (χ0n) is 25.2. The number of fused-ring (bicyclic) bond motifs is 1. The fourth-order valence-electron chi connectivity index (χ4n) is 7.72. The van der Waals surface area contributed by atoms with Crippen LogP contribution in [0.2, 0.25) is 0 Å². The summed E-state index contributed by atoms with van der Waals surface area (Å²) in [5.74, 6) is 3.24. The normalized spacial score (nSPS) is 29.1. The lowest BCUT2D eigenvalue weighted by Crippen LogP contribution is -2.35. The van der Waals surface area contributed by atoms with Crippen LogP contribution < -0.4 is 0 Å². The van der Waals surface area contributed by atoms with Crippen LogP contribution >= 0.6 is 0 Å². The van der Waals surface area contributed by atoms with Gasteiger partial charge in [0.25, 0.3) is 0 Å². The number of allylic oxidation sites excluding steroid dienone is 5. The first-order valence-electron chi connectivity index (χ1n) is 16.0. The maximum atomic E-state index is 12.4. The first-order valence-corrected chi connectivity index (χ1v) is 16.0. The van der Waals surface area contributed by atoms with E-state index in [2.05, 4.69) is 59.8 Å². The summed E-state index contributed by atoms with van der Waals surface area (Å²) >= 11 is 0. The highest BCUT2D eigenvalue weighted by Gasteiger charge is 2.49. The fourth-order valence-corrected chi connectivity index (χ4v) is 7.72. The maximum Gasteiger partial charge on any atom is 0.306 e. The molecule has 5 atom stereocenters. The lowest BCUT2D eigenvalue weighted by molar-refractivity contribution is -0.149. The molecule has 0 bridgehead atoms. The molecule has 0 radical (unpaired) electrons. The van der Waals surface area contributed by atoms with Gasteiger partial charge < -0.3 is 4.74 Å². The monoisotopic (exact) mass is 510 g/mol. The molecule has 0 aromatic carbocycles. The van der Waals surface area contributed by atoms with Crippen molar-refractivity contribution in [1.29, 1.82) is 0 Å². The summed E-state index contributed by atoms with van der Waals surface area (Å²) < 4.78 is 5.92. The molecule has 210 valence electrons. The van der Waals surface area contributed by atoms with Gasteiger partial charge in [-0.05, 0) is 92.1 Å². The second-order valence-electron chi connectivity index (χ2n) is 13.4. The second kappa shape index (κ2) is 14.7. The molecule has 0 heterocycles. The number of rotatable bonds is 14. The minimum Gasteiger partial charge on any atom is -0.462 e. The van der Waals surface area contributed by atoms with Gasteiger partial charge in [-0.3, -0.25) is 4.79 Å². The smallest absolute Gasteiger partial charge is 0.306 e. The van der Waals surface area contributed by atoms with E-state index in [1.54, 1.807) is 5.57 Å². The highest BCUT2D eigenvalue weighted by molar-refractivity contribution is 5.69. The van der Waals surface area contributed by atoms with Gasteiger partial charge in [-0.15, -0.1) is 0 Å². The minimum absolute atomic E-state index is 0.00893. The molecule has 3 aliphatic carbocycles. The Kier molecular flexibility index (Phi) is 12.0. The van der Waals surface area contributed by atoms with E-state index >= 15 is 0 Å². The van der Waals surface area contributed by atoms with Gasteiger partial charge in [0.1, 0.15) is 6.10 Å². The third-order valence-corrected chi connectivity index (χ3v) is 10.1. The molecule has 2 heteroatoms. The molecule has 0 aromatic rings. The Morgan fingerprint density at radius 3 is 2.59 bits per heavy atom. The van der Waals surface area contributed by atoms with E-state index in [0.29, 0.717) is 17.8 Å². The fraction of sp³-hybridized carbons (Fsp3) is 0.800. The number of carbonyl (C=O) groups excluding carboxylic acids is 1. The van der Waals surface area contributed by atoms with Gasteiger partial charge in [0, 0.05) is 12.8 Å². The highest BCUT2D eigenvalue weighted by atomic mass is 16.5. The molecular weight excluding hydrogens is 452 g/mol. The first kappa shape index (κ1) is 30.2. The standard InChI is InChI=1S/C35H58O2/c1-7-8-9-10-11-17-34(36)37-31-21-18-27(4)30(25-31)20-19-29-16-13-24-35(6)32(22-23-33(29)35)28(5)15-12-14-26(2)3/h16,19-20,26,28,31-33H,7-15,17-18,21-25H2,1-6H3/b20-19+/t28-,31+,32-,33+,35-/m1/s1. The molecular formula is C35H58O2. The Bertz CT molecular complexity index is 815. The van der Waals surface area contributed by atoms with Crippen LogP contribution in [-0.2, 0) is 9.53 Å². The van der Waals surface area contributed by atoms with E-state index in [4.69, 9.17) is 4.74 Å². The van der Waals surface area contributed by atoms with Crippen molar-refractivity contribution in [1.82, 2.24) is 0 Å². The van der Waals surface area contributed by atoms with Gasteiger partial charge in [-0.2, -0.15) is 0 Å². The van der Waals surface area contributed by atoms with Crippen molar-refractivity contribution in [3.63, 3.8) is 0 Å². The van der Waals surface area contributed by atoms with E-state index in [1.165, 1.54) is 75.4 Å². The molecule has 0 amide bonds. The van der Waals surface area contributed by atoms with Crippen molar-refractivity contribution in [3.8, 4) is 0 Å². The summed E-state index contributed by atoms with van der Waals surface area (Å²) in [6.07, 6.45) is 26.2. The van der Waals surface area contributed by atoms with Crippen molar-refractivity contribution < 1.29 is 9.53 Å². The molecule has 1 saturated carbocycles. The van der Waals surface area contributed by atoms with Crippen molar-refractivity contribution >= 4 is 5.97 Å². The SMILES string of the molecule is CCCCCCCC(=O)O[C@H]1CCC(C)=C(/C=C/C2=CCC[C@]3(C)[C@@H]([C@H](C)CCCC(C)C)CC[C@@H]23)C1. The van der Waals surface area contributed by atoms with Crippen LogP contribution in [0.5, 0.6) is 0 Å². The zero-order chi connectivity index (χ0) is 26.8. The van der Waals surface area contributed by atoms with Crippen LogP contribution in [-0.4, -0.2) is 12.1 Å². The number of esters is 1. The molecule has 0 N–H and O–H groups in total. The summed E-state index contributed by atoms with van der Waals surface area (Å²) in [6, 6.07) is 0. The largest absolute Gasteiger partial charge is 0.462 e. The number of unbranched alkanes of at least 4 members (excludes halogenated alkanes) is 4. The first-order chi connectivity index (χ1) is 17.7. The third-order valence-electron chi connectivity index (χ3n) is 10.1. The summed E-state index contributed by atoms with van der Waals surface area (Å²) in [4.78, 5) is 12.4. The van der Waals surface area contributed by atoms with Gasteiger partial charge in [0.05, 0.1) is 0 Å². The topological polar surface area (TPSA) is 26.3 Å². The van der Waals surface area contributed by atoms with Crippen LogP contribution in [0.1, 0.15) is 144 Å². The molecule has 2 nitrogen and oxygen atoms in total. The average Bonchev–Trinajstić information content (AvgIpc) is 3.21. The summed E-state index contributed by atoms with van der Waals surface area (Å²) in [5.41, 5.74) is 4.91. The van der Waals surface area contributed by atoms with Crippen LogP contribution in [0.3, 0.4) is 0 Å². The van der Waals surface area contributed by atoms with Crippen molar-refractivity contribution in [3.05, 3.63) is 34.9 Å². The van der Waals surface area contributed by atoms with Gasteiger partial charge in [0.15, 0.2) is 0 Å². The predicted molar refractivity (Wildman–Crippen MR) is 158 cm³/mol. The molecule has 0 aliphatic heterocycles. The van der Waals surface area contributed by atoms with Gasteiger partial charge in [-0.25, -0.2) is 0 Å². The minimum atomic E-state index is 0.00893. The number of ether oxygens (including phenoxy) is 1. The number of hydrogen-bond donors (Lipinski definition) is 0. The van der Waals surface area contributed by atoms with E-state index in [0.717, 1.165) is 49.9 Å². The molecule has 3 aliphatic rings. The Morgan fingerprint density at radius 2 is 1.84 bits per heavy atom. The van der Waals surface area contributed by atoms with Crippen molar-refractivity contribution in [2.24, 2.45) is 29.1 Å². The van der Waals surface area contributed by atoms with E-state index in [9.17, 15) is 4.79 Å². The van der Waals surface area contributed by atoms with E-state index in [-0.39, 0.29) is 12.1 Å². The molecule has 0 saturated heterocycles. The molecule has 0 spiro atoms. The molecule has 0 aromatic heterocycles. The maximum absolute atomic E-state index is 12.4. The quantitative estimate of drug-likeness (QED) is 0.171. The van der Waals surface area contributed by atoms with Crippen LogP contribution in [0.25, 0.3) is 0 Å². The summed E-state index contributed by atoms with van der Waals surface area (Å²) in [7, 11) is 0. The van der Waals surface area contributed by atoms with Crippen LogP contribution in [0.15, 0.2) is 34.9 Å². The van der Waals surface area contributed by atoms with E-state index < -0.39 is 0 Å². The van der Waals surface area contributed by atoms with Crippen LogP contribution in [0.4, 0.5) is 0 Å². The Morgan fingerprint density at radius 1 is 1.05 bits per heavy atom. The lowest BCUT2D eigenvalue weighted by atomic mass is 9.62.